The topological polar surface area (TPSA) is 223 Å². The van der Waals surface area contributed by atoms with Crippen LogP contribution in [0.25, 0.3) is 0 Å². The predicted octanol–water partition coefficient (Wildman–Crippen LogP) is 3.50. The molecule has 0 unspecified atom stereocenters. The van der Waals surface area contributed by atoms with Crippen LogP contribution in [0.1, 0.15) is 64.0 Å². The Bertz CT molecular complexity index is 2120. The SMILES string of the molecule is CC(C)(C)OC(=O)C[C@H]1CCN(S(=O)(=O)c2ccccc2[N+](=O)[O-])CC/C=C\[C@@H]2C[C@@]2(C(=O)O)NC(=O)[C@@H]2C[C@@H](OC(=O)N3Cc4cccc(F)c4C3)CN2C1=O. The summed E-state index contributed by atoms with van der Waals surface area (Å²) in [4.78, 5) is 80.7. The van der Waals surface area contributed by atoms with Crippen molar-refractivity contribution in [3.8, 4) is 0 Å². The first-order valence-corrected chi connectivity index (χ1v) is 19.9. The van der Waals surface area contributed by atoms with Gasteiger partial charge in [0.1, 0.15) is 29.1 Å². The molecule has 1 saturated heterocycles. The third-order valence-electron chi connectivity index (χ3n) is 10.5. The number of rotatable bonds is 7. The van der Waals surface area contributed by atoms with Crippen molar-refractivity contribution in [1.82, 2.24) is 19.4 Å². The molecule has 3 heterocycles. The quantitative estimate of drug-likeness (QED) is 0.178. The fourth-order valence-corrected chi connectivity index (χ4v) is 9.22. The smallest absolute Gasteiger partial charge is 0.410 e. The lowest BCUT2D eigenvalue weighted by Gasteiger charge is -2.30. The molecule has 0 bridgehead atoms. The number of amides is 3. The van der Waals surface area contributed by atoms with Gasteiger partial charge < -0.3 is 24.8 Å². The number of carboxylic acid groups (broad SMARTS) is 1. The molecule has 17 nitrogen and oxygen atoms in total. The van der Waals surface area contributed by atoms with Crippen molar-refractivity contribution in [3.05, 3.63) is 81.7 Å². The van der Waals surface area contributed by atoms with Crippen LogP contribution < -0.4 is 5.32 Å². The molecule has 3 aliphatic heterocycles. The molecule has 0 radical (unpaired) electrons. The van der Waals surface area contributed by atoms with Gasteiger partial charge in [-0.1, -0.05) is 36.4 Å². The zero-order chi connectivity index (χ0) is 41.4. The number of nitro benzene ring substituents is 1. The van der Waals surface area contributed by atoms with Crippen molar-refractivity contribution in [2.75, 3.05) is 19.6 Å². The van der Waals surface area contributed by atoms with Gasteiger partial charge in [-0.15, -0.1) is 0 Å². The van der Waals surface area contributed by atoms with E-state index in [1.165, 1.54) is 29.2 Å². The Morgan fingerprint density at radius 2 is 1.82 bits per heavy atom. The number of nitrogens with one attached hydrogen (secondary N) is 1. The number of hydrogen-bond acceptors (Lipinski definition) is 11. The van der Waals surface area contributed by atoms with Crippen molar-refractivity contribution in [2.45, 2.75) is 94.1 Å². The molecule has 306 valence electrons. The highest BCUT2D eigenvalue weighted by atomic mass is 32.2. The van der Waals surface area contributed by atoms with Gasteiger partial charge in [0.2, 0.25) is 21.8 Å². The molecule has 2 aromatic carbocycles. The minimum atomic E-state index is -4.59. The first kappa shape index (κ1) is 41.2. The third kappa shape index (κ3) is 8.78. The van der Waals surface area contributed by atoms with Gasteiger partial charge in [-0.2, -0.15) is 4.31 Å². The zero-order valence-corrected chi connectivity index (χ0v) is 32.4. The summed E-state index contributed by atoms with van der Waals surface area (Å²) in [6, 6.07) is 7.91. The fraction of sp³-hybridized carbons (Fsp3) is 0.500. The van der Waals surface area contributed by atoms with Crippen molar-refractivity contribution >= 4 is 45.6 Å². The van der Waals surface area contributed by atoms with Gasteiger partial charge >= 0.3 is 18.0 Å². The number of fused-ring (bicyclic) bond motifs is 3. The van der Waals surface area contributed by atoms with Crippen LogP contribution in [0.4, 0.5) is 14.9 Å². The molecule has 3 amide bonds. The summed E-state index contributed by atoms with van der Waals surface area (Å²) in [5.41, 5.74) is -2.45. The Morgan fingerprint density at radius 3 is 2.51 bits per heavy atom. The maximum Gasteiger partial charge on any atom is 0.410 e. The molecule has 6 rings (SSSR count). The normalized spacial score (nSPS) is 26.2. The Balaban J connectivity index is 1.33. The van der Waals surface area contributed by atoms with Gasteiger partial charge in [0.15, 0.2) is 4.90 Å². The van der Waals surface area contributed by atoms with Gasteiger partial charge in [-0.3, -0.25) is 29.4 Å². The number of halogens is 1. The number of nitrogens with zero attached hydrogens (tertiary/aromatic N) is 4. The van der Waals surface area contributed by atoms with E-state index in [9.17, 15) is 52.0 Å². The average Bonchev–Trinajstić information content (AvgIpc) is 3.42. The molecule has 4 aliphatic rings. The Morgan fingerprint density at radius 1 is 1.09 bits per heavy atom. The number of carbonyl (C=O) groups is 5. The first-order valence-electron chi connectivity index (χ1n) is 18.5. The number of nitro groups is 1. The second kappa shape index (κ2) is 15.8. The highest BCUT2D eigenvalue weighted by Gasteiger charge is 2.61. The standard InChI is InChI=1S/C38H44FN5O12S/c1-37(2,3)56-32(45)17-23-14-16-42(57(53,54)31-13-5-4-12-29(31)44(51)52)15-7-6-10-25-19-38(25,35(48)49)40-33(46)30-18-26(21-43(30)34(23)47)55-36(50)41-20-24-9-8-11-28(39)27(24)22-41/h4-6,8-13,23,25-26,30H,7,14-22H2,1-3H3,(H,40,46)(H,48,49)/b10-6-/t23-,25-,26-,30+,38-/m1/s1. The van der Waals surface area contributed by atoms with Gasteiger partial charge in [-0.25, -0.2) is 22.4 Å². The number of carboxylic acids is 1. The molecule has 0 spiro atoms. The molecule has 1 aliphatic carbocycles. The summed E-state index contributed by atoms with van der Waals surface area (Å²) >= 11 is 0. The number of sulfonamides is 1. The van der Waals surface area contributed by atoms with E-state index in [2.05, 4.69) is 5.32 Å². The highest BCUT2D eigenvalue weighted by molar-refractivity contribution is 7.89. The maximum atomic E-state index is 14.6. The number of ether oxygens (including phenoxy) is 2. The average molecular weight is 814 g/mol. The molecule has 2 N–H and O–H groups in total. The Labute approximate surface area is 328 Å². The van der Waals surface area contributed by atoms with Crippen LogP contribution in [0.3, 0.4) is 0 Å². The summed E-state index contributed by atoms with van der Waals surface area (Å²) in [7, 11) is -4.59. The number of hydrogen-bond donors (Lipinski definition) is 2. The van der Waals surface area contributed by atoms with Gasteiger partial charge in [0.25, 0.3) is 5.69 Å². The molecule has 19 heteroatoms. The van der Waals surface area contributed by atoms with E-state index in [0.29, 0.717) is 11.1 Å². The van der Waals surface area contributed by atoms with E-state index in [4.69, 9.17) is 9.47 Å². The van der Waals surface area contributed by atoms with Gasteiger partial charge in [-0.05, 0) is 57.7 Å². The highest BCUT2D eigenvalue weighted by Crippen LogP contribution is 2.45. The fourth-order valence-electron chi connectivity index (χ4n) is 7.60. The van der Waals surface area contributed by atoms with Gasteiger partial charge in [0, 0.05) is 49.5 Å². The summed E-state index contributed by atoms with van der Waals surface area (Å²) in [5, 5.41) is 24.7. The summed E-state index contributed by atoms with van der Waals surface area (Å²) in [6.45, 7) is 3.89. The predicted molar refractivity (Wildman–Crippen MR) is 197 cm³/mol. The van der Waals surface area contributed by atoms with Crippen molar-refractivity contribution < 1.29 is 56.3 Å². The molecule has 5 atom stereocenters. The minimum absolute atomic E-state index is 0.00474. The molecule has 2 fully saturated rings. The monoisotopic (exact) mass is 813 g/mol. The molecular formula is C38H44FN5O12S. The number of para-hydroxylation sites is 1. The van der Waals surface area contributed by atoms with Gasteiger partial charge in [0.05, 0.1) is 24.4 Å². The summed E-state index contributed by atoms with van der Waals surface area (Å²) < 4.78 is 54.9. The van der Waals surface area contributed by atoms with Crippen LogP contribution in [0.15, 0.2) is 59.5 Å². The minimum Gasteiger partial charge on any atom is -0.479 e. The first-order chi connectivity index (χ1) is 26.8. The summed E-state index contributed by atoms with van der Waals surface area (Å²) in [5.74, 6) is -6.25. The van der Waals surface area contributed by atoms with E-state index in [1.807, 2.05) is 0 Å². The maximum absolute atomic E-state index is 14.6. The lowest BCUT2D eigenvalue weighted by Crippen LogP contribution is -2.54. The molecule has 2 aromatic rings. The van der Waals surface area contributed by atoms with Crippen molar-refractivity contribution in [1.29, 1.82) is 0 Å². The second-order valence-electron chi connectivity index (χ2n) is 15.7. The van der Waals surface area contributed by atoms with Crippen LogP contribution in [0, 0.1) is 27.8 Å². The van der Waals surface area contributed by atoms with Crippen molar-refractivity contribution in [2.24, 2.45) is 11.8 Å². The van der Waals surface area contributed by atoms with E-state index in [0.717, 1.165) is 21.3 Å². The molecule has 0 aromatic heterocycles. The molecule has 57 heavy (non-hydrogen) atoms. The number of benzene rings is 2. The van der Waals surface area contributed by atoms with Crippen LogP contribution in [0.5, 0.6) is 0 Å². The van der Waals surface area contributed by atoms with Crippen LogP contribution in [0.2, 0.25) is 0 Å². The van der Waals surface area contributed by atoms with Crippen LogP contribution in [-0.2, 0) is 51.8 Å². The molecular weight excluding hydrogens is 770 g/mol. The lowest BCUT2D eigenvalue weighted by molar-refractivity contribution is -0.387. The van der Waals surface area contributed by atoms with Crippen LogP contribution >= 0.6 is 0 Å². The van der Waals surface area contributed by atoms with E-state index < -0.39 is 103 Å². The zero-order valence-electron chi connectivity index (χ0n) is 31.6. The Kier molecular flexibility index (Phi) is 11.5. The van der Waals surface area contributed by atoms with E-state index in [-0.39, 0.29) is 58.4 Å². The number of aliphatic carboxylic acids is 1. The lowest BCUT2D eigenvalue weighted by atomic mass is 9.98. The summed E-state index contributed by atoms with van der Waals surface area (Å²) in [6.07, 6.45) is 0.141. The number of carbonyl (C=O) groups excluding carboxylic acids is 4. The largest absolute Gasteiger partial charge is 0.479 e. The Hall–Kier alpha value is -5.43. The third-order valence-corrected chi connectivity index (χ3v) is 12.5. The molecule has 1 saturated carbocycles. The van der Waals surface area contributed by atoms with Crippen molar-refractivity contribution in [3.63, 3.8) is 0 Å². The number of esters is 1. The van der Waals surface area contributed by atoms with E-state index in [1.54, 1.807) is 39.0 Å². The van der Waals surface area contributed by atoms with Crippen LogP contribution in [-0.4, -0.2) is 105 Å². The van der Waals surface area contributed by atoms with E-state index >= 15 is 0 Å². The second-order valence-corrected chi connectivity index (χ2v) is 17.6.